The Bertz CT molecular complexity index is 641. The van der Waals surface area contributed by atoms with Crippen molar-refractivity contribution in [1.82, 2.24) is 10.2 Å². The molecule has 0 fully saturated rings. The van der Waals surface area contributed by atoms with Crippen LogP contribution in [0.5, 0.6) is 0 Å². The molecule has 2 aromatic carbocycles. The number of urea groups is 1. The van der Waals surface area contributed by atoms with Gasteiger partial charge in [0, 0.05) is 13.6 Å². The molecule has 0 aliphatic carbocycles. The van der Waals surface area contributed by atoms with E-state index in [0.29, 0.717) is 13.0 Å². The summed E-state index contributed by atoms with van der Waals surface area (Å²) in [5, 5.41) is 2.83. The van der Waals surface area contributed by atoms with Crippen molar-refractivity contribution in [3.63, 3.8) is 0 Å². The summed E-state index contributed by atoms with van der Waals surface area (Å²) in [5.41, 5.74) is 1.82. The van der Waals surface area contributed by atoms with E-state index in [9.17, 15) is 13.6 Å². The van der Waals surface area contributed by atoms with Crippen LogP contribution in [0, 0.1) is 11.6 Å². The van der Waals surface area contributed by atoms with E-state index in [1.807, 2.05) is 6.92 Å². The van der Waals surface area contributed by atoms with Gasteiger partial charge in [-0.1, -0.05) is 24.3 Å². The first-order chi connectivity index (χ1) is 11.0. The van der Waals surface area contributed by atoms with E-state index in [4.69, 9.17) is 0 Å². The lowest BCUT2D eigenvalue weighted by atomic mass is 10.1. The van der Waals surface area contributed by atoms with E-state index in [1.54, 1.807) is 36.2 Å². The number of rotatable bonds is 5. The van der Waals surface area contributed by atoms with Crippen molar-refractivity contribution >= 4 is 6.03 Å². The summed E-state index contributed by atoms with van der Waals surface area (Å²) < 4.78 is 25.8. The summed E-state index contributed by atoms with van der Waals surface area (Å²) in [6.07, 6.45) is 0.630. The molecule has 0 bridgehead atoms. The maximum absolute atomic E-state index is 12.9. The molecule has 0 heterocycles. The summed E-state index contributed by atoms with van der Waals surface area (Å²) in [6, 6.07) is 11.9. The smallest absolute Gasteiger partial charge is 0.317 e. The Balaban J connectivity index is 1.84. The van der Waals surface area contributed by atoms with Crippen molar-refractivity contribution in [2.75, 3.05) is 13.6 Å². The van der Waals surface area contributed by atoms with Crippen LogP contribution in [0.3, 0.4) is 0 Å². The second kappa shape index (κ2) is 7.72. The Morgan fingerprint density at radius 2 is 1.57 bits per heavy atom. The van der Waals surface area contributed by atoms with Crippen molar-refractivity contribution in [3.05, 3.63) is 71.3 Å². The Morgan fingerprint density at radius 3 is 2.13 bits per heavy atom. The van der Waals surface area contributed by atoms with Crippen LogP contribution in [0.25, 0.3) is 0 Å². The molecule has 0 aliphatic heterocycles. The van der Waals surface area contributed by atoms with Gasteiger partial charge in [0.15, 0.2) is 0 Å². The quantitative estimate of drug-likeness (QED) is 0.890. The van der Waals surface area contributed by atoms with Gasteiger partial charge in [-0.15, -0.1) is 0 Å². The monoisotopic (exact) mass is 318 g/mol. The Labute approximate surface area is 134 Å². The highest BCUT2D eigenvalue weighted by Crippen LogP contribution is 2.18. The summed E-state index contributed by atoms with van der Waals surface area (Å²) in [4.78, 5) is 13.7. The minimum absolute atomic E-state index is 0.165. The molecule has 0 aromatic heterocycles. The number of carbonyl (C=O) groups excluding carboxylic acids is 1. The zero-order valence-corrected chi connectivity index (χ0v) is 13.2. The van der Waals surface area contributed by atoms with Crippen LogP contribution in [0.15, 0.2) is 48.5 Å². The summed E-state index contributed by atoms with van der Waals surface area (Å²) in [6.45, 7) is 2.34. The van der Waals surface area contributed by atoms with Gasteiger partial charge in [-0.2, -0.15) is 0 Å². The number of amides is 2. The molecule has 3 nitrogen and oxygen atoms in total. The third-order valence-electron chi connectivity index (χ3n) is 3.86. The van der Waals surface area contributed by atoms with Gasteiger partial charge in [-0.05, 0) is 48.7 Å². The molecule has 0 saturated carbocycles. The molecule has 0 aliphatic rings. The van der Waals surface area contributed by atoms with Crippen LogP contribution in [-0.4, -0.2) is 24.5 Å². The normalized spacial score (nSPS) is 11.8. The van der Waals surface area contributed by atoms with Gasteiger partial charge in [0.25, 0.3) is 0 Å². The zero-order valence-electron chi connectivity index (χ0n) is 13.2. The molecular formula is C18H20F2N2O. The predicted octanol–water partition coefficient (Wildman–Crippen LogP) is 3.91. The SMILES string of the molecule is CC(c1ccc(F)cc1)N(C)C(=O)NCCc1ccc(F)cc1. The van der Waals surface area contributed by atoms with Crippen molar-refractivity contribution in [3.8, 4) is 0 Å². The fourth-order valence-corrected chi connectivity index (χ4v) is 2.23. The Kier molecular flexibility index (Phi) is 5.68. The van der Waals surface area contributed by atoms with Crippen LogP contribution in [-0.2, 0) is 6.42 Å². The number of nitrogens with zero attached hydrogens (tertiary/aromatic N) is 1. The maximum atomic E-state index is 12.9. The number of halogens is 2. The lowest BCUT2D eigenvalue weighted by Crippen LogP contribution is -2.39. The van der Waals surface area contributed by atoms with Gasteiger partial charge in [0.05, 0.1) is 6.04 Å². The van der Waals surface area contributed by atoms with Crippen LogP contribution in [0.2, 0.25) is 0 Å². The zero-order chi connectivity index (χ0) is 16.8. The molecule has 0 radical (unpaired) electrons. The van der Waals surface area contributed by atoms with Gasteiger partial charge in [-0.25, -0.2) is 13.6 Å². The van der Waals surface area contributed by atoms with Gasteiger partial charge in [0.2, 0.25) is 0 Å². The molecule has 5 heteroatoms. The average Bonchev–Trinajstić information content (AvgIpc) is 2.56. The largest absolute Gasteiger partial charge is 0.338 e. The highest BCUT2D eigenvalue weighted by molar-refractivity contribution is 5.74. The molecular weight excluding hydrogens is 298 g/mol. The Hall–Kier alpha value is -2.43. The van der Waals surface area contributed by atoms with Crippen LogP contribution in [0.1, 0.15) is 24.1 Å². The molecule has 122 valence electrons. The van der Waals surface area contributed by atoms with Crippen LogP contribution >= 0.6 is 0 Å². The minimum Gasteiger partial charge on any atom is -0.338 e. The summed E-state index contributed by atoms with van der Waals surface area (Å²) >= 11 is 0. The van der Waals surface area contributed by atoms with Gasteiger partial charge < -0.3 is 10.2 Å². The molecule has 1 N–H and O–H groups in total. The van der Waals surface area contributed by atoms with E-state index in [1.165, 1.54) is 24.3 Å². The molecule has 2 rings (SSSR count). The molecule has 2 amide bonds. The predicted molar refractivity (Wildman–Crippen MR) is 86.1 cm³/mol. The van der Waals surface area contributed by atoms with E-state index in [2.05, 4.69) is 5.32 Å². The van der Waals surface area contributed by atoms with Crippen LogP contribution < -0.4 is 5.32 Å². The molecule has 1 atom stereocenters. The molecule has 0 spiro atoms. The maximum Gasteiger partial charge on any atom is 0.317 e. The number of benzene rings is 2. The number of hydrogen-bond donors (Lipinski definition) is 1. The van der Waals surface area contributed by atoms with Crippen molar-refractivity contribution < 1.29 is 13.6 Å². The van der Waals surface area contributed by atoms with Crippen molar-refractivity contribution in [2.24, 2.45) is 0 Å². The summed E-state index contributed by atoms with van der Waals surface area (Å²) in [5.74, 6) is -0.571. The van der Waals surface area contributed by atoms with Crippen LogP contribution in [0.4, 0.5) is 13.6 Å². The van der Waals surface area contributed by atoms with E-state index in [-0.39, 0.29) is 23.7 Å². The molecule has 2 aromatic rings. The second-order valence-corrected chi connectivity index (χ2v) is 5.45. The second-order valence-electron chi connectivity index (χ2n) is 5.45. The highest BCUT2D eigenvalue weighted by atomic mass is 19.1. The highest BCUT2D eigenvalue weighted by Gasteiger charge is 2.16. The topological polar surface area (TPSA) is 32.3 Å². The fraction of sp³-hybridized carbons (Fsp3) is 0.278. The average molecular weight is 318 g/mol. The number of carbonyl (C=O) groups is 1. The lowest BCUT2D eigenvalue weighted by Gasteiger charge is -2.25. The first-order valence-electron chi connectivity index (χ1n) is 7.48. The number of nitrogens with one attached hydrogen (secondary N) is 1. The molecule has 23 heavy (non-hydrogen) atoms. The van der Waals surface area contributed by atoms with E-state index < -0.39 is 0 Å². The van der Waals surface area contributed by atoms with Crippen molar-refractivity contribution in [2.45, 2.75) is 19.4 Å². The van der Waals surface area contributed by atoms with Gasteiger partial charge >= 0.3 is 6.03 Å². The molecule has 0 saturated heterocycles. The third kappa shape index (κ3) is 4.77. The first-order valence-corrected chi connectivity index (χ1v) is 7.48. The van der Waals surface area contributed by atoms with E-state index in [0.717, 1.165) is 11.1 Å². The minimum atomic E-state index is -0.299. The van der Waals surface area contributed by atoms with E-state index >= 15 is 0 Å². The Morgan fingerprint density at radius 1 is 1.04 bits per heavy atom. The summed E-state index contributed by atoms with van der Waals surface area (Å²) in [7, 11) is 1.70. The standard InChI is InChI=1S/C18H20F2N2O/c1-13(15-5-9-17(20)10-6-15)22(2)18(23)21-12-11-14-3-7-16(19)8-4-14/h3-10,13H,11-12H2,1-2H3,(H,21,23). The molecule has 1 unspecified atom stereocenters. The third-order valence-corrected chi connectivity index (χ3v) is 3.86. The van der Waals surface area contributed by atoms with Crippen molar-refractivity contribution in [1.29, 1.82) is 0 Å². The first kappa shape index (κ1) is 16.9. The van der Waals surface area contributed by atoms with Gasteiger partial charge in [-0.3, -0.25) is 0 Å². The lowest BCUT2D eigenvalue weighted by molar-refractivity contribution is 0.194. The fourth-order valence-electron chi connectivity index (χ4n) is 2.23. The number of hydrogen-bond acceptors (Lipinski definition) is 1. The van der Waals surface area contributed by atoms with Gasteiger partial charge in [0.1, 0.15) is 11.6 Å².